The molecule has 1 aliphatic carbocycles. The zero-order valence-corrected chi connectivity index (χ0v) is 11.2. The number of rotatable bonds is 3. The summed E-state index contributed by atoms with van der Waals surface area (Å²) in [5.74, 6) is -0.0236. The summed E-state index contributed by atoms with van der Waals surface area (Å²) >= 11 is 0. The van der Waals surface area contributed by atoms with Gasteiger partial charge < -0.3 is 5.11 Å². The minimum Gasteiger partial charge on any atom is -0.388 e. The first-order valence-electron chi connectivity index (χ1n) is 6.10. The Hall–Kier alpha value is -1.01. The second kappa shape index (κ2) is 5.32. The molecule has 100 valence electrons. The molecule has 3 unspecified atom stereocenters. The lowest BCUT2D eigenvalue weighted by Gasteiger charge is -2.31. The van der Waals surface area contributed by atoms with Crippen LogP contribution in [0.15, 0.2) is 18.7 Å². The van der Waals surface area contributed by atoms with Crippen LogP contribution in [0.4, 0.5) is 0 Å². The summed E-state index contributed by atoms with van der Waals surface area (Å²) < 4.78 is 23.2. The maximum absolute atomic E-state index is 11.6. The Bertz CT molecular complexity index is 489. The molecule has 1 aromatic rings. The topological polar surface area (TPSA) is 80.2 Å². The average Bonchev–Trinajstić information content (AvgIpc) is 2.38. The summed E-state index contributed by atoms with van der Waals surface area (Å²) in [4.78, 5) is 7.76. The standard InChI is InChI=1S/C12H18N2O3S/c1-18(16,17)11-4-2-3-9(5-11)12(15)10-6-13-8-14-7-10/h6-9,11-12,15H,2-5H2,1H3. The molecule has 6 heteroatoms. The molecular weight excluding hydrogens is 252 g/mol. The molecule has 0 saturated heterocycles. The summed E-state index contributed by atoms with van der Waals surface area (Å²) in [6.07, 6.45) is 8.10. The van der Waals surface area contributed by atoms with Crippen molar-refractivity contribution >= 4 is 9.84 Å². The predicted molar refractivity (Wildman–Crippen MR) is 67.6 cm³/mol. The minimum atomic E-state index is -3.02. The van der Waals surface area contributed by atoms with E-state index in [2.05, 4.69) is 9.97 Å². The molecule has 0 aromatic carbocycles. The van der Waals surface area contributed by atoms with Crippen molar-refractivity contribution in [2.24, 2.45) is 5.92 Å². The predicted octanol–water partition coefficient (Wildman–Crippen LogP) is 1.11. The van der Waals surface area contributed by atoms with Gasteiger partial charge in [0.1, 0.15) is 16.2 Å². The number of hydrogen-bond donors (Lipinski definition) is 1. The van der Waals surface area contributed by atoms with Crippen molar-refractivity contribution < 1.29 is 13.5 Å². The Labute approximate surface area is 107 Å². The van der Waals surface area contributed by atoms with Crippen LogP contribution in [-0.4, -0.2) is 35.0 Å². The maximum atomic E-state index is 11.6. The highest BCUT2D eigenvalue weighted by Gasteiger charge is 2.33. The third kappa shape index (κ3) is 3.05. The molecule has 18 heavy (non-hydrogen) atoms. The summed E-state index contributed by atoms with van der Waals surface area (Å²) in [6, 6.07) is 0. The van der Waals surface area contributed by atoms with Crippen LogP contribution < -0.4 is 0 Å². The number of aliphatic hydroxyl groups excluding tert-OH is 1. The lowest BCUT2D eigenvalue weighted by atomic mass is 9.83. The molecule has 1 saturated carbocycles. The van der Waals surface area contributed by atoms with Gasteiger partial charge in [0, 0.05) is 24.2 Å². The van der Waals surface area contributed by atoms with Gasteiger partial charge in [0.25, 0.3) is 0 Å². The Balaban J connectivity index is 2.10. The molecule has 1 aliphatic rings. The largest absolute Gasteiger partial charge is 0.388 e. The van der Waals surface area contributed by atoms with Crippen LogP contribution in [0.3, 0.4) is 0 Å². The SMILES string of the molecule is CS(=O)(=O)C1CCCC(C(O)c2cncnc2)C1. The van der Waals surface area contributed by atoms with Gasteiger partial charge >= 0.3 is 0 Å². The van der Waals surface area contributed by atoms with E-state index in [0.29, 0.717) is 18.4 Å². The van der Waals surface area contributed by atoms with Crippen molar-refractivity contribution in [3.63, 3.8) is 0 Å². The molecule has 3 atom stereocenters. The van der Waals surface area contributed by atoms with Gasteiger partial charge in [-0.3, -0.25) is 0 Å². The number of nitrogens with zero attached hydrogens (tertiary/aromatic N) is 2. The van der Waals surface area contributed by atoms with Gasteiger partial charge in [-0.2, -0.15) is 0 Å². The van der Waals surface area contributed by atoms with Gasteiger partial charge in [-0.1, -0.05) is 6.42 Å². The molecule has 1 fully saturated rings. The third-order valence-electron chi connectivity index (χ3n) is 3.64. The molecule has 0 bridgehead atoms. The quantitative estimate of drug-likeness (QED) is 0.890. The molecule has 0 radical (unpaired) electrons. The molecule has 0 aliphatic heterocycles. The number of sulfone groups is 1. The van der Waals surface area contributed by atoms with E-state index >= 15 is 0 Å². The van der Waals surface area contributed by atoms with Crippen molar-refractivity contribution in [1.82, 2.24) is 9.97 Å². The van der Waals surface area contributed by atoms with Crippen molar-refractivity contribution in [3.8, 4) is 0 Å². The zero-order valence-electron chi connectivity index (χ0n) is 10.4. The van der Waals surface area contributed by atoms with Crippen molar-refractivity contribution in [2.75, 3.05) is 6.26 Å². The van der Waals surface area contributed by atoms with Crippen LogP contribution in [-0.2, 0) is 9.84 Å². The summed E-state index contributed by atoms with van der Waals surface area (Å²) in [7, 11) is -3.02. The summed E-state index contributed by atoms with van der Waals surface area (Å²) in [5.41, 5.74) is 0.664. The first kappa shape index (κ1) is 13.4. The summed E-state index contributed by atoms with van der Waals surface area (Å²) in [5, 5.41) is 9.93. The highest BCUT2D eigenvalue weighted by molar-refractivity contribution is 7.91. The van der Waals surface area contributed by atoms with Gasteiger partial charge in [0.2, 0.25) is 0 Å². The summed E-state index contributed by atoms with van der Waals surface area (Å²) in [6.45, 7) is 0. The first-order chi connectivity index (χ1) is 8.48. The molecule has 0 spiro atoms. The lowest BCUT2D eigenvalue weighted by Crippen LogP contribution is -2.30. The van der Waals surface area contributed by atoms with Crippen LogP contribution in [0.5, 0.6) is 0 Å². The van der Waals surface area contributed by atoms with Crippen LogP contribution >= 0.6 is 0 Å². The van der Waals surface area contributed by atoms with E-state index in [-0.39, 0.29) is 11.2 Å². The van der Waals surface area contributed by atoms with Crippen molar-refractivity contribution in [2.45, 2.75) is 37.0 Å². The van der Waals surface area contributed by atoms with E-state index in [9.17, 15) is 13.5 Å². The zero-order chi connectivity index (χ0) is 13.2. The number of hydrogen-bond acceptors (Lipinski definition) is 5. The fraction of sp³-hybridized carbons (Fsp3) is 0.667. The fourth-order valence-corrected chi connectivity index (χ4v) is 3.78. The van der Waals surface area contributed by atoms with E-state index in [0.717, 1.165) is 12.8 Å². The van der Waals surface area contributed by atoms with E-state index in [1.807, 2.05) is 0 Å². The molecule has 5 nitrogen and oxygen atoms in total. The Morgan fingerprint density at radius 2 is 2.00 bits per heavy atom. The Morgan fingerprint density at radius 1 is 1.33 bits per heavy atom. The minimum absolute atomic E-state index is 0.0236. The number of aliphatic hydroxyl groups is 1. The average molecular weight is 270 g/mol. The number of aromatic nitrogens is 2. The van der Waals surface area contributed by atoms with E-state index in [1.54, 1.807) is 12.4 Å². The monoisotopic (exact) mass is 270 g/mol. The van der Waals surface area contributed by atoms with Crippen molar-refractivity contribution in [3.05, 3.63) is 24.3 Å². The highest BCUT2D eigenvalue weighted by atomic mass is 32.2. The van der Waals surface area contributed by atoms with Crippen LogP contribution in [0.2, 0.25) is 0 Å². The van der Waals surface area contributed by atoms with Gasteiger partial charge in [-0.15, -0.1) is 0 Å². The molecule has 0 amide bonds. The van der Waals surface area contributed by atoms with Gasteiger partial charge in [-0.05, 0) is 25.2 Å². The molecule has 1 aromatic heterocycles. The first-order valence-corrected chi connectivity index (χ1v) is 8.06. The third-order valence-corrected chi connectivity index (χ3v) is 5.28. The van der Waals surface area contributed by atoms with Gasteiger partial charge in [0.15, 0.2) is 0 Å². The van der Waals surface area contributed by atoms with Crippen LogP contribution in [0, 0.1) is 5.92 Å². The van der Waals surface area contributed by atoms with Gasteiger partial charge in [0.05, 0.1) is 11.4 Å². The molecule has 2 rings (SSSR count). The van der Waals surface area contributed by atoms with Crippen molar-refractivity contribution in [1.29, 1.82) is 0 Å². The molecule has 1 N–H and O–H groups in total. The second-order valence-electron chi connectivity index (χ2n) is 4.99. The highest BCUT2D eigenvalue weighted by Crippen LogP contribution is 2.36. The smallest absolute Gasteiger partial charge is 0.150 e. The second-order valence-corrected chi connectivity index (χ2v) is 7.32. The van der Waals surface area contributed by atoms with Crippen LogP contribution in [0.1, 0.15) is 37.4 Å². The molecular formula is C12H18N2O3S. The lowest BCUT2D eigenvalue weighted by molar-refractivity contribution is 0.0851. The maximum Gasteiger partial charge on any atom is 0.150 e. The van der Waals surface area contributed by atoms with E-state index in [4.69, 9.17) is 0 Å². The van der Waals surface area contributed by atoms with Crippen LogP contribution in [0.25, 0.3) is 0 Å². The van der Waals surface area contributed by atoms with E-state index < -0.39 is 15.9 Å². The van der Waals surface area contributed by atoms with Gasteiger partial charge in [-0.25, -0.2) is 18.4 Å². The molecule has 1 heterocycles. The van der Waals surface area contributed by atoms with E-state index in [1.165, 1.54) is 12.6 Å². The Morgan fingerprint density at radius 3 is 2.61 bits per heavy atom. The Kier molecular flexibility index (Phi) is 3.97. The fourth-order valence-electron chi connectivity index (χ4n) is 2.59. The normalized spacial score (nSPS) is 26.8.